The standard InChI is InChI=1S/C12H16N2O2S.C2H4O2.C2H6/c1-12(2)7-13-11(17-12)14-9-5-4-8(16-3)6-10(9)15;1-4-2-3;1-2/h4-6,15H,7H2,1-3H3,(H,13,14);2H,1H3;1-2H3. The molecule has 0 unspecified atom stereocenters. The van der Waals surface area contributed by atoms with Crippen LogP contribution in [0.5, 0.6) is 11.5 Å². The van der Waals surface area contributed by atoms with Crippen molar-refractivity contribution in [1.29, 1.82) is 0 Å². The van der Waals surface area contributed by atoms with Crippen LogP contribution in [0.1, 0.15) is 27.7 Å². The van der Waals surface area contributed by atoms with Crippen LogP contribution in [0.3, 0.4) is 0 Å². The highest BCUT2D eigenvalue weighted by Crippen LogP contribution is 2.34. The Bertz CT molecular complexity index is 519. The minimum absolute atomic E-state index is 0.129. The topological polar surface area (TPSA) is 80.2 Å². The first-order valence-electron chi connectivity index (χ1n) is 7.26. The summed E-state index contributed by atoms with van der Waals surface area (Å²) in [6.07, 6.45) is 0. The predicted octanol–water partition coefficient (Wildman–Crippen LogP) is 3.51. The molecular weight excluding hydrogens is 316 g/mol. The van der Waals surface area contributed by atoms with Gasteiger partial charge < -0.3 is 19.9 Å². The van der Waals surface area contributed by atoms with Gasteiger partial charge in [0.05, 0.1) is 26.5 Å². The molecule has 23 heavy (non-hydrogen) atoms. The number of carbonyl (C=O) groups excluding carboxylic acids is 1. The van der Waals surface area contributed by atoms with Crippen LogP contribution in [0.2, 0.25) is 0 Å². The molecular formula is C16H26N2O4S. The number of anilines is 1. The van der Waals surface area contributed by atoms with Crippen molar-refractivity contribution in [1.82, 2.24) is 0 Å². The zero-order valence-electron chi connectivity index (χ0n) is 14.5. The van der Waals surface area contributed by atoms with E-state index in [1.807, 2.05) is 13.8 Å². The normalized spacial score (nSPS) is 14.3. The second-order valence-corrected chi connectivity index (χ2v) is 6.52. The molecule has 1 aliphatic heterocycles. The highest BCUT2D eigenvalue weighted by Gasteiger charge is 2.27. The lowest BCUT2D eigenvalue weighted by Gasteiger charge is -2.14. The molecule has 2 rings (SSSR count). The molecule has 0 spiro atoms. The molecule has 2 N–H and O–H groups in total. The highest BCUT2D eigenvalue weighted by atomic mass is 32.2. The number of nitrogens with zero attached hydrogens (tertiary/aromatic N) is 1. The van der Waals surface area contributed by atoms with Crippen LogP contribution in [-0.4, -0.2) is 42.3 Å². The van der Waals surface area contributed by atoms with Gasteiger partial charge in [0.25, 0.3) is 6.47 Å². The molecule has 1 aromatic carbocycles. The molecule has 0 saturated heterocycles. The van der Waals surface area contributed by atoms with Gasteiger partial charge in [-0.25, -0.2) is 0 Å². The molecule has 1 heterocycles. The first kappa shape index (κ1) is 21.1. The first-order chi connectivity index (χ1) is 10.9. The van der Waals surface area contributed by atoms with Crippen molar-refractivity contribution in [2.75, 3.05) is 26.1 Å². The summed E-state index contributed by atoms with van der Waals surface area (Å²) in [5.41, 5.74) is 0.648. The molecule has 0 aromatic heterocycles. The summed E-state index contributed by atoms with van der Waals surface area (Å²) in [6.45, 7) is 9.45. The maximum atomic E-state index is 9.81. The van der Waals surface area contributed by atoms with E-state index < -0.39 is 0 Å². The largest absolute Gasteiger partial charge is 0.506 e. The Morgan fingerprint density at radius 3 is 2.35 bits per heavy atom. The fourth-order valence-corrected chi connectivity index (χ4v) is 2.46. The number of phenolic OH excluding ortho intramolecular Hbond substituents is 1. The number of phenols is 1. The lowest BCUT2D eigenvalue weighted by Crippen LogP contribution is -2.16. The van der Waals surface area contributed by atoms with Crippen LogP contribution in [0.15, 0.2) is 23.2 Å². The van der Waals surface area contributed by atoms with Gasteiger partial charge in [0.1, 0.15) is 11.5 Å². The molecule has 1 aliphatic rings. The summed E-state index contributed by atoms with van der Waals surface area (Å²) in [5.74, 6) is 0.798. The van der Waals surface area contributed by atoms with E-state index in [1.54, 1.807) is 37.1 Å². The van der Waals surface area contributed by atoms with Crippen molar-refractivity contribution in [2.24, 2.45) is 4.99 Å². The Balaban J connectivity index is 0.000000705. The Labute approximate surface area is 142 Å². The van der Waals surface area contributed by atoms with E-state index in [-0.39, 0.29) is 10.5 Å². The molecule has 0 aliphatic carbocycles. The molecule has 0 bridgehead atoms. The van der Waals surface area contributed by atoms with Crippen LogP contribution >= 0.6 is 11.8 Å². The van der Waals surface area contributed by atoms with Crippen molar-refractivity contribution in [3.8, 4) is 11.5 Å². The molecule has 0 saturated carbocycles. The molecule has 0 fully saturated rings. The number of hydrogen-bond acceptors (Lipinski definition) is 7. The number of carbonyl (C=O) groups is 1. The van der Waals surface area contributed by atoms with Crippen LogP contribution in [0.25, 0.3) is 0 Å². The van der Waals surface area contributed by atoms with E-state index in [4.69, 9.17) is 9.53 Å². The number of benzene rings is 1. The van der Waals surface area contributed by atoms with Gasteiger partial charge in [-0.15, -0.1) is 0 Å². The summed E-state index contributed by atoms with van der Waals surface area (Å²) < 4.78 is 9.02. The highest BCUT2D eigenvalue weighted by molar-refractivity contribution is 8.15. The number of nitrogens with one attached hydrogen (secondary N) is 1. The number of ether oxygens (including phenoxy) is 2. The van der Waals surface area contributed by atoms with Crippen molar-refractivity contribution in [3.63, 3.8) is 0 Å². The van der Waals surface area contributed by atoms with Crippen molar-refractivity contribution in [2.45, 2.75) is 32.4 Å². The van der Waals surface area contributed by atoms with Crippen LogP contribution in [0.4, 0.5) is 5.69 Å². The lowest BCUT2D eigenvalue weighted by molar-refractivity contribution is -0.126. The third-order valence-electron chi connectivity index (χ3n) is 2.52. The summed E-state index contributed by atoms with van der Waals surface area (Å²) in [4.78, 5) is 13.3. The fraction of sp³-hybridized carbons (Fsp3) is 0.500. The van der Waals surface area contributed by atoms with Gasteiger partial charge >= 0.3 is 0 Å². The molecule has 0 amide bonds. The number of methoxy groups -OCH3 is 2. The van der Waals surface area contributed by atoms with E-state index >= 15 is 0 Å². The zero-order valence-corrected chi connectivity index (χ0v) is 15.4. The number of aliphatic imine (C=N–C) groups is 1. The minimum atomic E-state index is 0.129. The molecule has 1 aromatic rings. The van der Waals surface area contributed by atoms with E-state index in [9.17, 15) is 5.11 Å². The van der Waals surface area contributed by atoms with E-state index in [0.29, 0.717) is 17.9 Å². The number of hydrogen-bond donors (Lipinski definition) is 2. The van der Waals surface area contributed by atoms with Crippen LogP contribution in [-0.2, 0) is 9.53 Å². The summed E-state index contributed by atoms with van der Waals surface area (Å²) >= 11 is 1.68. The second kappa shape index (κ2) is 10.8. The third-order valence-corrected chi connectivity index (χ3v) is 3.63. The SMILES string of the molecule is CC.COC=O.COc1ccc(NC2=NCC(C)(C)S2)c(O)c1. The van der Waals surface area contributed by atoms with Crippen LogP contribution < -0.4 is 10.1 Å². The minimum Gasteiger partial charge on any atom is -0.506 e. The van der Waals surface area contributed by atoms with Gasteiger partial charge in [-0.2, -0.15) is 0 Å². The molecule has 0 atom stereocenters. The maximum absolute atomic E-state index is 9.81. The Morgan fingerprint density at radius 1 is 1.35 bits per heavy atom. The van der Waals surface area contributed by atoms with E-state index in [1.165, 1.54) is 7.11 Å². The van der Waals surface area contributed by atoms with E-state index in [0.717, 1.165) is 11.7 Å². The number of rotatable bonds is 3. The predicted molar refractivity (Wildman–Crippen MR) is 96.7 cm³/mol. The third kappa shape index (κ3) is 7.78. The average molecular weight is 342 g/mol. The number of thioether (sulfide) groups is 1. The first-order valence-corrected chi connectivity index (χ1v) is 8.07. The van der Waals surface area contributed by atoms with Gasteiger partial charge in [-0.05, 0) is 26.0 Å². The number of aromatic hydroxyl groups is 1. The quantitative estimate of drug-likeness (QED) is 0.646. The second-order valence-electron chi connectivity index (χ2n) is 4.82. The molecule has 130 valence electrons. The lowest BCUT2D eigenvalue weighted by atomic mass is 10.2. The van der Waals surface area contributed by atoms with Crippen LogP contribution in [0, 0.1) is 0 Å². The Hall–Kier alpha value is -1.89. The zero-order chi connectivity index (χ0) is 17.9. The molecule has 7 heteroatoms. The molecule has 0 radical (unpaired) electrons. The van der Waals surface area contributed by atoms with Gasteiger partial charge in [-0.3, -0.25) is 9.79 Å². The average Bonchev–Trinajstić information content (AvgIpc) is 2.90. The summed E-state index contributed by atoms with van der Waals surface area (Å²) in [6, 6.07) is 5.16. The summed E-state index contributed by atoms with van der Waals surface area (Å²) in [7, 11) is 2.88. The van der Waals surface area contributed by atoms with Gasteiger partial charge in [0, 0.05) is 10.8 Å². The Morgan fingerprint density at radius 2 is 1.96 bits per heavy atom. The Kier molecular flexibility index (Phi) is 9.89. The van der Waals surface area contributed by atoms with Crippen molar-refractivity contribution in [3.05, 3.63) is 18.2 Å². The van der Waals surface area contributed by atoms with E-state index in [2.05, 4.69) is 28.9 Å². The van der Waals surface area contributed by atoms with Gasteiger partial charge in [0.15, 0.2) is 5.17 Å². The fourth-order valence-electron chi connectivity index (χ4n) is 1.51. The maximum Gasteiger partial charge on any atom is 0.292 e. The molecule has 6 nitrogen and oxygen atoms in total. The van der Waals surface area contributed by atoms with Crippen molar-refractivity contribution < 1.29 is 19.4 Å². The van der Waals surface area contributed by atoms with Gasteiger partial charge in [-0.1, -0.05) is 25.6 Å². The van der Waals surface area contributed by atoms with Gasteiger partial charge in [0.2, 0.25) is 0 Å². The monoisotopic (exact) mass is 342 g/mol. The van der Waals surface area contributed by atoms with Crippen molar-refractivity contribution >= 4 is 29.1 Å². The number of amidine groups is 1. The smallest absolute Gasteiger partial charge is 0.292 e. The summed E-state index contributed by atoms with van der Waals surface area (Å²) in [5, 5.41) is 13.8.